The molecule has 0 heterocycles. The first-order chi connectivity index (χ1) is 32.5. The molecule has 370 valence electrons. The third-order valence-electron chi connectivity index (χ3n) is 10.4. The zero-order chi connectivity index (χ0) is 47.9. The maximum atomic E-state index is 12.7. The van der Waals surface area contributed by atoms with Crippen molar-refractivity contribution in [1.29, 1.82) is 0 Å². The number of hydrogen-bond donors (Lipinski definition) is 0. The zero-order valence-electron chi connectivity index (χ0n) is 42.1. The van der Waals surface area contributed by atoms with Crippen molar-refractivity contribution in [2.45, 2.75) is 213 Å². The number of esters is 3. The van der Waals surface area contributed by atoms with Crippen molar-refractivity contribution in [3.63, 3.8) is 0 Å². The predicted octanol–water partition coefficient (Wildman–Crippen LogP) is 17.5. The Morgan fingerprint density at radius 2 is 0.591 bits per heavy atom. The Hall–Kier alpha value is -4.45. The molecule has 0 aliphatic rings. The number of allylic oxidation sites excluding steroid dienone is 22. The normalized spacial score (nSPS) is 13.2. The van der Waals surface area contributed by atoms with Crippen molar-refractivity contribution in [3.05, 3.63) is 134 Å². The van der Waals surface area contributed by atoms with Crippen molar-refractivity contribution in [3.8, 4) is 0 Å². The lowest BCUT2D eigenvalue weighted by Crippen LogP contribution is -2.30. The van der Waals surface area contributed by atoms with E-state index in [1.54, 1.807) is 0 Å². The van der Waals surface area contributed by atoms with E-state index in [4.69, 9.17) is 14.2 Å². The van der Waals surface area contributed by atoms with Gasteiger partial charge in [0.1, 0.15) is 13.2 Å². The van der Waals surface area contributed by atoms with E-state index in [0.29, 0.717) is 12.8 Å². The van der Waals surface area contributed by atoms with E-state index in [-0.39, 0.29) is 37.5 Å². The second-order valence-electron chi connectivity index (χ2n) is 16.7. The van der Waals surface area contributed by atoms with Gasteiger partial charge >= 0.3 is 17.9 Å². The van der Waals surface area contributed by atoms with Crippen LogP contribution in [0.2, 0.25) is 0 Å². The molecule has 0 spiro atoms. The number of rotatable bonds is 45. The molecule has 1 atom stereocenters. The van der Waals surface area contributed by atoms with Crippen LogP contribution in [0.25, 0.3) is 0 Å². The van der Waals surface area contributed by atoms with Gasteiger partial charge in [-0.2, -0.15) is 0 Å². The van der Waals surface area contributed by atoms with Crippen LogP contribution in [0.1, 0.15) is 207 Å². The Labute approximate surface area is 405 Å². The van der Waals surface area contributed by atoms with Gasteiger partial charge in [0, 0.05) is 19.3 Å². The van der Waals surface area contributed by atoms with Crippen molar-refractivity contribution in [2.24, 2.45) is 0 Å². The van der Waals surface area contributed by atoms with E-state index in [2.05, 4.69) is 154 Å². The highest BCUT2D eigenvalue weighted by atomic mass is 16.6. The molecule has 0 rings (SSSR count). The molecule has 0 bridgehead atoms. The summed E-state index contributed by atoms with van der Waals surface area (Å²) in [7, 11) is 0. The molecule has 1 unspecified atom stereocenters. The average molecular weight is 911 g/mol. The summed E-state index contributed by atoms with van der Waals surface area (Å²) in [5.74, 6) is -0.982. The molecule has 0 N–H and O–H groups in total. The number of unbranched alkanes of at least 4 members (excludes halogenated alkanes) is 12. The van der Waals surface area contributed by atoms with Crippen LogP contribution in [-0.4, -0.2) is 37.2 Å². The summed E-state index contributed by atoms with van der Waals surface area (Å²) in [6.45, 7) is 6.27. The molecule has 0 saturated carbocycles. The van der Waals surface area contributed by atoms with Gasteiger partial charge in [0.15, 0.2) is 6.10 Å². The molecule has 0 radical (unpaired) electrons. The number of carbonyl (C=O) groups is 3. The highest BCUT2D eigenvalue weighted by molar-refractivity contribution is 5.71. The molecule has 0 aromatic carbocycles. The van der Waals surface area contributed by atoms with Crippen LogP contribution < -0.4 is 0 Å². The Balaban J connectivity index is 4.33. The lowest BCUT2D eigenvalue weighted by atomic mass is 10.1. The van der Waals surface area contributed by atoms with Gasteiger partial charge in [-0.25, -0.2) is 0 Å². The first kappa shape index (κ1) is 61.5. The van der Waals surface area contributed by atoms with Gasteiger partial charge < -0.3 is 14.2 Å². The lowest BCUT2D eigenvalue weighted by molar-refractivity contribution is -0.167. The van der Waals surface area contributed by atoms with Gasteiger partial charge in [-0.1, -0.05) is 206 Å². The van der Waals surface area contributed by atoms with Crippen molar-refractivity contribution >= 4 is 17.9 Å². The van der Waals surface area contributed by atoms with E-state index in [1.165, 1.54) is 19.3 Å². The maximum Gasteiger partial charge on any atom is 0.306 e. The topological polar surface area (TPSA) is 78.9 Å². The molecule has 66 heavy (non-hydrogen) atoms. The van der Waals surface area contributed by atoms with Crippen molar-refractivity contribution < 1.29 is 28.6 Å². The van der Waals surface area contributed by atoms with Gasteiger partial charge in [0.05, 0.1) is 0 Å². The van der Waals surface area contributed by atoms with Gasteiger partial charge in [-0.15, -0.1) is 0 Å². The monoisotopic (exact) mass is 911 g/mol. The SMILES string of the molecule is CC/C=C\C/C=C\C/C=C\C/C=C\C/C=C\C/C=C\C/C=C\CCCCCC(=O)OCC(COC(=O)CCCCCCCC)OC(=O)CCCCCC/C=C\C/C=C\C/C=C\C/C=C\CC. The van der Waals surface area contributed by atoms with Crippen LogP contribution in [0.15, 0.2) is 134 Å². The number of ether oxygens (including phenoxy) is 3. The van der Waals surface area contributed by atoms with Gasteiger partial charge in [0.2, 0.25) is 0 Å². The third-order valence-corrected chi connectivity index (χ3v) is 10.4. The first-order valence-electron chi connectivity index (χ1n) is 26.2. The average Bonchev–Trinajstić information content (AvgIpc) is 3.31. The third kappa shape index (κ3) is 50.5. The second-order valence-corrected chi connectivity index (χ2v) is 16.7. The molecule has 0 aliphatic carbocycles. The standard InChI is InChI=1S/C60H94O6/c1-4-7-10-13-16-18-20-22-24-26-27-28-29-30-31-32-33-35-36-38-40-42-44-47-50-53-59(62)65-56-57(55-64-58(61)52-49-46-15-12-9-6-3)66-60(63)54-51-48-45-43-41-39-37-34-25-23-21-19-17-14-11-8-5-2/h7-8,10-11,16-19,22-25,27-28,30-31,33,35,37-40,57H,4-6,9,12-15,20-21,26,29,32,34,36,41-56H2,1-3H3/b10-7-,11-8-,18-16-,19-17-,24-22-,25-23-,28-27-,31-30-,35-33-,39-37-,40-38-. The first-order valence-corrected chi connectivity index (χ1v) is 26.2. The largest absolute Gasteiger partial charge is 0.462 e. The molecule has 0 aromatic rings. The summed E-state index contributed by atoms with van der Waals surface area (Å²) in [6.07, 6.45) is 74.6. The summed E-state index contributed by atoms with van der Waals surface area (Å²) >= 11 is 0. The molecule has 0 saturated heterocycles. The Kier molecular flexibility index (Phi) is 49.6. The van der Waals surface area contributed by atoms with E-state index in [0.717, 1.165) is 148 Å². The smallest absolute Gasteiger partial charge is 0.306 e. The molecule has 6 nitrogen and oxygen atoms in total. The molecule has 0 amide bonds. The Morgan fingerprint density at radius 1 is 0.318 bits per heavy atom. The Bertz CT molecular complexity index is 1460. The minimum absolute atomic E-state index is 0.104. The van der Waals surface area contributed by atoms with Crippen LogP contribution in [0.5, 0.6) is 0 Å². The van der Waals surface area contributed by atoms with E-state index in [9.17, 15) is 14.4 Å². The minimum Gasteiger partial charge on any atom is -0.462 e. The summed E-state index contributed by atoms with van der Waals surface area (Å²) in [6, 6.07) is 0. The maximum absolute atomic E-state index is 12.7. The van der Waals surface area contributed by atoms with Crippen LogP contribution in [-0.2, 0) is 28.6 Å². The van der Waals surface area contributed by atoms with Crippen LogP contribution in [0.3, 0.4) is 0 Å². The summed E-state index contributed by atoms with van der Waals surface area (Å²) in [5, 5.41) is 0. The molecule has 0 fully saturated rings. The molecular formula is C60H94O6. The highest BCUT2D eigenvalue weighted by Crippen LogP contribution is 2.12. The molecule has 0 aromatic heterocycles. The number of hydrogen-bond acceptors (Lipinski definition) is 6. The second kappa shape index (κ2) is 53.2. The van der Waals surface area contributed by atoms with Crippen molar-refractivity contribution in [1.82, 2.24) is 0 Å². The zero-order valence-corrected chi connectivity index (χ0v) is 42.1. The summed E-state index contributed by atoms with van der Waals surface area (Å²) in [4.78, 5) is 37.8. The van der Waals surface area contributed by atoms with Crippen LogP contribution in [0.4, 0.5) is 0 Å². The fourth-order valence-corrected chi connectivity index (χ4v) is 6.53. The fourth-order valence-electron chi connectivity index (χ4n) is 6.53. The van der Waals surface area contributed by atoms with E-state index in [1.807, 2.05) is 0 Å². The Morgan fingerprint density at radius 3 is 0.939 bits per heavy atom. The van der Waals surface area contributed by atoms with E-state index < -0.39 is 6.10 Å². The summed E-state index contributed by atoms with van der Waals surface area (Å²) < 4.78 is 16.7. The van der Waals surface area contributed by atoms with Crippen molar-refractivity contribution in [2.75, 3.05) is 13.2 Å². The van der Waals surface area contributed by atoms with Crippen LogP contribution >= 0.6 is 0 Å². The highest BCUT2D eigenvalue weighted by Gasteiger charge is 2.19. The molecule has 6 heteroatoms. The quantitative estimate of drug-likeness (QED) is 0.0262. The lowest BCUT2D eigenvalue weighted by Gasteiger charge is -2.18. The molecule has 0 aliphatic heterocycles. The van der Waals surface area contributed by atoms with Gasteiger partial charge in [0.25, 0.3) is 0 Å². The predicted molar refractivity (Wildman–Crippen MR) is 283 cm³/mol. The fraction of sp³-hybridized carbons (Fsp3) is 0.583. The molecular weight excluding hydrogens is 817 g/mol. The summed E-state index contributed by atoms with van der Waals surface area (Å²) in [5.41, 5.74) is 0. The van der Waals surface area contributed by atoms with E-state index >= 15 is 0 Å². The van der Waals surface area contributed by atoms with Crippen LogP contribution in [0, 0.1) is 0 Å². The minimum atomic E-state index is -0.806. The van der Waals surface area contributed by atoms with Gasteiger partial charge in [-0.05, 0) is 116 Å². The van der Waals surface area contributed by atoms with Gasteiger partial charge in [-0.3, -0.25) is 14.4 Å². The number of carbonyl (C=O) groups excluding carboxylic acids is 3.